The second kappa shape index (κ2) is 10.3. The Morgan fingerprint density at radius 1 is 0.824 bits per heavy atom. The average Bonchev–Trinajstić information content (AvgIpc) is 3.36. The van der Waals surface area contributed by atoms with E-state index in [4.69, 9.17) is 18.9 Å². The van der Waals surface area contributed by atoms with E-state index in [1.54, 1.807) is 49.6 Å². The lowest BCUT2D eigenvalue weighted by molar-refractivity contribution is 0.104. The van der Waals surface area contributed by atoms with Crippen LogP contribution in [-0.4, -0.2) is 47.3 Å². The summed E-state index contributed by atoms with van der Waals surface area (Å²) < 4.78 is 23.3. The van der Waals surface area contributed by atoms with Gasteiger partial charge in [-0.2, -0.15) is 4.68 Å². The molecule has 4 aromatic rings. The predicted molar refractivity (Wildman–Crippen MR) is 125 cm³/mol. The summed E-state index contributed by atoms with van der Waals surface area (Å²) in [6, 6.07) is 19.9. The lowest BCUT2D eigenvalue weighted by Crippen LogP contribution is -2.01. The Kier molecular flexibility index (Phi) is 6.83. The number of aromatic nitrogens is 4. The number of tetrazole rings is 1. The first-order valence-electron chi connectivity index (χ1n) is 10.3. The summed E-state index contributed by atoms with van der Waals surface area (Å²) in [5.41, 5.74) is 1.99. The maximum absolute atomic E-state index is 12.6. The lowest BCUT2D eigenvalue weighted by Gasteiger charge is -2.10. The molecule has 0 atom stereocenters. The van der Waals surface area contributed by atoms with Crippen molar-refractivity contribution in [3.63, 3.8) is 0 Å². The number of para-hydroxylation sites is 1. The monoisotopic (exact) mass is 458 g/mol. The van der Waals surface area contributed by atoms with Crippen LogP contribution in [0.2, 0.25) is 0 Å². The van der Waals surface area contributed by atoms with Gasteiger partial charge in [-0.15, -0.1) is 0 Å². The van der Waals surface area contributed by atoms with Crippen LogP contribution in [0, 0.1) is 0 Å². The second-order valence-corrected chi connectivity index (χ2v) is 6.99. The van der Waals surface area contributed by atoms with E-state index < -0.39 is 0 Å². The van der Waals surface area contributed by atoms with E-state index in [2.05, 4.69) is 15.5 Å². The second-order valence-electron chi connectivity index (χ2n) is 6.99. The summed E-state index contributed by atoms with van der Waals surface area (Å²) in [6.45, 7) is 0. The van der Waals surface area contributed by atoms with Gasteiger partial charge in [-0.05, 0) is 64.5 Å². The van der Waals surface area contributed by atoms with Crippen molar-refractivity contribution in [1.82, 2.24) is 20.2 Å². The van der Waals surface area contributed by atoms with Crippen molar-refractivity contribution >= 4 is 11.9 Å². The van der Waals surface area contributed by atoms with E-state index in [1.165, 1.54) is 25.0 Å². The molecule has 9 heteroatoms. The third-order valence-electron chi connectivity index (χ3n) is 4.93. The smallest absolute Gasteiger partial charge is 0.346 e. The first-order chi connectivity index (χ1) is 16.6. The Balaban J connectivity index is 1.53. The van der Waals surface area contributed by atoms with Crippen molar-refractivity contribution in [2.45, 2.75) is 0 Å². The molecular formula is C25H22N4O5. The molecule has 0 saturated carbocycles. The lowest BCUT2D eigenvalue weighted by atomic mass is 10.1. The van der Waals surface area contributed by atoms with E-state index in [1.807, 2.05) is 30.3 Å². The molecule has 0 saturated heterocycles. The van der Waals surface area contributed by atoms with Crippen molar-refractivity contribution in [3.05, 3.63) is 83.9 Å². The van der Waals surface area contributed by atoms with Gasteiger partial charge in [0.2, 0.25) is 0 Å². The third kappa shape index (κ3) is 4.88. The number of benzene rings is 3. The molecule has 0 N–H and O–H groups in total. The number of hydrogen-bond donors (Lipinski definition) is 0. The molecule has 1 heterocycles. The summed E-state index contributed by atoms with van der Waals surface area (Å²) in [5.74, 6) is 1.76. The molecule has 9 nitrogen and oxygen atoms in total. The first kappa shape index (κ1) is 22.5. The van der Waals surface area contributed by atoms with Crippen molar-refractivity contribution in [2.24, 2.45) is 0 Å². The molecule has 0 unspecified atom stereocenters. The molecule has 0 aliphatic heterocycles. The van der Waals surface area contributed by atoms with Crippen LogP contribution >= 0.6 is 0 Å². The molecule has 4 rings (SSSR count). The Hall–Kier alpha value is -4.66. The van der Waals surface area contributed by atoms with Gasteiger partial charge in [-0.25, -0.2) is 0 Å². The quantitative estimate of drug-likeness (QED) is 0.269. The maximum atomic E-state index is 12.6. The zero-order valence-corrected chi connectivity index (χ0v) is 18.8. The molecule has 3 aromatic carbocycles. The summed E-state index contributed by atoms with van der Waals surface area (Å²) in [5, 5.41) is 11.6. The fourth-order valence-corrected chi connectivity index (χ4v) is 3.20. The molecule has 34 heavy (non-hydrogen) atoms. The Morgan fingerprint density at radius 3 is 2.26 bits per heavy atom. The van der Waals surface area contributed by atoms with Crippen LogP contribution in [0.5, 0.6) is 29.0 Å². The zero-order chi connectivity index (χ0) is 23.9. The van der Waals surface area contributed by atoms with Gasteiger partial charge in [0.15, 0.2) is 28.8 Å². The Morgan fingerprint density at radius 2 is 1.53 bits per heavy atom. The number of hydrogen-bond acceptors (Lipinski definition) is 8. The number of methoxy groups -OCH3 is 3. The number of carbonyl (C=O) groups is 1. The molecular weight excluding hydrogens is 436 g/mol. The molecule has 172 valence electrons. The van der Waals surface area contributed by atoms with Gasteiger partial charge in [0, 0.05) is 5.56 Å². The highest BCUT2D eigenvalue weighted by Crippen LogP contribution is 2.32. The van der Waals surface area contributed by atoms with Crippen LogP contribution in [0.4, 0.5) is 0 Å². The van der Waals surface area contributed by atoms with E-state index in [0.717, 1.165) is 11.3 Å². The van der Waals surface area contributed by atoms with E-state index in [-0.39, 0.29) is 11.8 Å². The van der Waals surface area contributed by atoms with E-state index in [9.17, 15) is 4.79 Å². The van der Waals surface area contributed by atoms with Gasteiger partial charge >= 0.3 is 6.01 Å². The Bertz CT molecular complexity index is 1320. The van der Waals surface area contributed by atoms with Crippen molar-refractivity contribution in [1.29, 1.82) is 0 Å². The van der Waals surface area contributed by atoms with Crippen LogP contribution in [-0.2, 0) is 0 Å². The normalized spacial score (nSPS) is 10.8. The highest BCUT2D eigenvalue weighted by molar-refractivity contribution is 6.07. The fourth-order valence-electron chi connectivity index (χ4n) is 3.20. The molecule has 0 fully saturated rings. The maximum Gasteiger partial charge on any atom is 0.346 e. The van der Waals surface area contributed by atoms with Crippen LogP contribution in [0.1, 0.15) is 15.9 Å². The number of ketones is 1. The largest absolute Gasteiger partial charge is 0.493 e. The minimum atomic E-state index is -0.178. The topological polar surface area (TPSA) is 97.6 Å². The minimum absolute atomic E-state index is 0.178. The zero-order valence-electron chi connectivity index (χ0n) is 18.8. The summed E-state index contributed by atoms with van der Waals surface area (Å²) >= 11 is 0. The number of nitrogens with zero attached hydrogens (tertiary/aromatic N) is 4. The minimum Gasteiger partial charge on any atom is -0.493 e. The highest BCUT2D eigenvalue weighted by Gasteiger charge is 2.14. The molecule has 0 amide bonds. The predicted octanol–water partition coefficient (Wildman–Crippen LogP) is 4.38. The van der Waals surface area contributed by atoms with E-state index in [0.29, 0.717) is 28.6 Å². The van der Waals surface area contributed by atoms with Crippen LogP contribution in [0.3, 0.4) is 0 Å². The van der Waals surface area contributed by atoms with Gasteiger partial charge in [-0.3, -0.25) is 4.79 Å². The van der Waals surface area contributed by atoms with Gasteiger partial charge in [0.05, 0.1) is 27.0 Å². The first-order valence-corrected chi connectivity index (χ1v) is 10.3. The Labute approximate surface area is 196 Å². The molecule has 1 aromatic heterocycles. The number of ether oxygens (including phenoxy) is 4. The number of rotatable bonds is 9. The van der Waals surface area contributed by atoms with Crippen molar-refractivity contribution in [2.75, 3.05) is 21.3 Å². The van der Waals surface area contributed by atoms with Crippen molar-refractivity contribution in [3.8, 4) is 34.7 Å². The van der Waals surface area contributed by atoms with Gasteiger partial charge in [0.25, 0.3) is 0 Å². The van der Waals surface area contributed by atoms with E-state index >= 15 is 0 Å². The third-order valence-corrected chi connectivity index (χ3v) is 4.93. The molecule has 0 aliphatic carbocycles. The van der Waals surface area contributed by atoms with Crippen LogP contribution in [0.15, 0.2) is 72.8 Å². The molecule has 0 spiro atoms. The average molecular weight is 458 g/mol. The number of allylic oxidation sites excluding steroid dienone is 1. The van der Waals surface area contributed by atoms with Gasteiger partial charge in [-0.1, -0.05) is 35.4 Å². The SMILES string of the molecule is COc1ccc(C(=O)/C=C/c2ccc(Oc3nnnn3-c3ccccc3)c(OC)c2)cc1OC. The van der Waals surface area contributed by atoms with Crippen LogP contribution < -0.4 is 18.9 Å². The number of carbonyl (C=O) groups excluding carboxylic acids is 1. The fraction of sp³-hybridized carbons (Fsp3) is 0.120. The summed E-state index contributed by atoms with van der Waals surface area (Å²) in [7, 11) is 4.60. The summed E-state index contributed by atoms with van der Waals surface area (Å²) in [6.07, 6.45) is 3.17. The standard InChI is InChI=1S/C25H22N4O5/c1-31-21-14-11-18(16-24(21)33-3)20(30)12-9-17-10-13-22(23(15-17)32-2)34-25-26-27-28-29(25)19-7-5-4-6-8-19/h4-16H,1-3H3/b12-9+. The molecule has 0 aliphatic rings. The summed E-state index contributed by atoms with van der Waals surface area (Å²) in [4.78, 5) is 12.6. The van der Waals surface area contributed by atoms with Gasteiger partial charge in [0.1, 0.15) is 0 Å². The van der Waals surface area contributed by atoms with Crippen LogP contribution in [0.25, 0.3) is 11.8 Å². The highest BCUT2D eigenvalue weighted by atomic mass is 16.5. The molecule has 0 bridgehead atoms. The van der Waals surface area contributed by atoms with Crippen molar-refractivity contribution < 1.29 is 23.7 Å². The van der Waals surface area contributed by atoms with Gasteiger partial charge < -0.3 is 18.9 Å². The molecule has 0 radical (unpaired) electrons.